The van der Waals surface area contributed by atoms with Crippen molar-refractivity contribution in [3.63, 3.8) is 0 Å². The third-order valence-corrected chi connectivity index (χ3v) is 8.32. The normalized spacial score (nSPS) is 32.0. The zero-order valence-electron chi connectivity index (χ0n) is 19.3. The van der Waals surface area contributed by atoms with Gasteiger partial charge >= 0.3 is 0 Å². The molecule has 0 radical (unpaired) electrons. The van der Waals surface area contributed by atoms with E-state index in [2.05, 4.69) is 62.8 Å². The second-order valence-electron chi connectivity index (χ2n) is 11.0. The Bertz CT molecular complexity index is 693. The lowest BCUT2D eigenvalue weighted by Gasteiger charge is -2.56. The first-order chi connectivity index (χ1) is 13.8. The molecular weight excluding hydrogens is 358 g/mol. The van der Waals surface area contributed by atoms with E-state index in [0.29, 0.717) is 16.7 Å². The first kappa shape index (κ1) is 21.1. The smallest absolute Gasteiger partial charge is 0.128 e. The number of rotatable bonds is 4. The summed E-state index contributed by atoms with van der Waals surface area (Å²) in [7, 11) is 0. The van der Waals surface area contributed by atoms with E-state index in [1.54, 1.807) is 0 Å². The second-order valence-corrected chi connectivity index (χ2v) is 11.0. The minimum absolute atomic E-state index is 0.464. The predicted molar refractivity (Wildman–Crippen MR) is 120 cm³/mol. The lowest BCUT2D eigenvalue weighted by atomic mass is 9.49. The van der Waals surface area contributed by atoms with Crippen LogP contribution in [0.5, 0.6) is 0 Å². The number of hydrogen-bond donors (Lipinski definition) is 0. The highest BCUT2D eigenvalue weighted by molar-refractivity contribution is 5.40. The van der Waals surface area contributed by atoms with Gasteiger partial charge in [0.05, 0.1) is 6.61 Å². The fourth-order valence-corrected chi connectivity index (χ4v) is 6.33. The van der Waals surface area contributed by atoms with Crippen molar-refractivity contribution in [2.75, 3.05) is 37.7 Å². The number of anilines is 1. The van der Waals surface area contributed by atoms with E-state index in [1.165, 1.54) is 37.8 Å². The standard InChI is InChI=1S/C25H41N3O/c1-6-29-28-16-14-27(15-17-28)23-9-7-8-22(26-23)19-10-11-20-21(18-19)25(4,5)13-12-24(20,2)3/h7-9,19-21H,6,10-18H2,1-5H3. The molecule has 0 aromatic carbocycles. The maximum absolute atomic E-state index is 5.66. The van der Waals surface area contributed by atoms with Crippen LogP contribution in [0.4, 0.5) is 5.82 Å². The van der Waals surface area contributed by atoms with Gasteiger partial charge in [-0.15, -0.1) is 0 Å². The molecule has 4 rings (SSSR count). The number of fused-ring (bicyclic) bond motifs is 1. The van der Waals surface area contributed by atoms with Gasteiger partial charge in [-0.05, 0) is 73.8 Å². The molecule has 3 unspecified atom stereocenters. The first-order valence-electron chi connectivity index (χ1n) is 11.9. The van der Waals surface area contributed by atoms with Crippen LogP contribution >= 0.6 is 0 Å². The zero-order valence-corrected chi connectivity index (χ0v) is 19.3. The molecule has 3 fully saturated rings. The molecule has 1 saturated heterocycles. The van der Waals surface area contributed by atoms with Gasteiger partial charge in [0.25, 0.3) is 0 Å². The highest BCUT2D eigenvalue weighted by Crippen LogP contribution is 2.59. The molecule has 0 bridgehead atoms. The van der Waals surface area contributed by atoms with Crippen molar-refractivity contribution < 1.29 is 4.84 Å². The monoisotopic (exact) mass is 399 g/mol. The minimum Gasteiger partial charge on any atom is -0.354 e. The topological polar surface area (TPSA) is 28.6 Å². The molecule has 2 saturated carbocycles. The van der Waals surface area contributed by atoms with Crippen molar-refractivity contribution in [3.8, 4) is 0 Å². The molecule has 29 heavy (non-hydrogen) atoms. The lowest BCUT2D eigenvalue weighted by molar-refractivity contribution is -0.156. The highest BCUT2D eigenvalue weighted by atomic mass is 16.7. The van der Waals surface area contributed by atoms with E-state index < -0.39 is 0 Å². The van der Waals surface area contributed by atoms with Crippen LogP contribution < -0.4 is 4.90 Å². The Kier molecular flexibility index (Phi) is 5.96. The van der Waals surface area contributed by atoms with Crippen molar-refractivity contribution in [2.45, 2.75) is 72.6 Å². The minimum atomic E-state index is 0.464. The lowest BCUT2D eigenvalue weighted by Crippen LogP contribution is -2.47. The van der Waals surface area contributed by atoms with E-state index >= 15 is 0 Å². The molecule has 4 nitrogen and oxygen atoms in total. The van der Waals surface area contributed by atoms with Crippen LogP contribution in [0, 0.1) is 22.7 Å². The van der Waals surface area contributed by atoms with E-state index in [0.717, 1.165) is 50.4 Å². The Morgan fingerprint density at radius 3 is 2.34 bits per heavy atom. The van der Waals surface area contributed by atoms with Gasteiger partial charge in [-0.1, -0.05) is 33.8 Å². The summed E-state index contributed by atoms with van der Waals surface area (Å²) in [5, 5.41) is 2.09. The fourth-order valence-electron chi connectivity index (χ4n) is 6.33. The van der Waals surface area contributed by atoms with Crippen molar-refractivity contribution >= 4 is 5.82 Å². The summed E-state index contributed by atoms with van der Waals surface area (Å²) in [6, 6.07) is 6.71. The van der Waals surface area contributed by atoms with Crippen LogP contribution in [0.25, 0.3) is 0 Å². The Hall–Kier alpha value is -1.13. The van der Waals surface area contributed by atoms with E-state index in [1.807, 2.05) is 0 Å². The van der Waals surface area contributed by atoms with Gasteiger partial charge in [-0.3, -0.25) is 4.84 Å². The van der Waals surface area contributed by atoms with Crippen LogP contribution in [0.2, 0.25) is 0 Å². The number of hydroxylamine groups is 2. The summed E-state index contributed by atoms with van der Waals surface area (Å²) in [5.41, 5.74) is 2.29. The quantitative estimate of drug-likeness (QED) is 0.668. The Morgan fingerprint density at radius 1 is 0.966 bits per heavy atom. The average Bonchev–Trinajstić information content (AvgIpc) is 2.72. The van der Waals surface area contributed by atoms with Crippen LogP contribution in [-0.4, -0.2) is 42.8 Å². The predicted octanol–water partition coefficient (Wildman–Crippen LogP) is 5.50. The van der Waals surface area contributed by atoms with Crippen molar-refractivity contribution in [3.05, 3.63) is 23.9 Å². The summed E-state index contributed by atoms with van der Waals surface area (Å²) in [5.74, 6) is 3.47. The van der Waals surface area contributed by atoms with E-state index in [4.69, 9.17) is 9.82 Å². The first-order valence-corrected chi connectivity index (χ1v) is 11.9. The highest BCUT2D eigenvalue weighted by Gasteiger charge is 2.50. The maximum Gasteiger partial charge on any atom is 0.128 e. The molecule has 4 heteroatoms. The largest absolute Gasteiger partial charge is 0.354 e. The van der Waals surface area contributed by atoms with Crippen LogP contribution in [0.15, 0.2) is 18.2 Å². The van der Waals surface area contributed by atoms with E-state index in [9.17, 15) is 0 Å². The third-order valence-electron chi connectivity index (χ3n) is 8.32. The summed E-state index contributed by atoms with van der Waals surface area (Å²) >= 11 is 0. The summed E-state index contributed by atoms with van der Waals surface area (Å²) in [6.07, 6.45) is 6.73. The van der Waals surface area contributed by atoms with Crippen molar-refractivity contribution in [1.82, 2.24) is 10.0 Å². The average molecular weight is 400 g/mol. The third kappa shape index (κ3) is 4.34. The number of nitrogens with zero attached hydrogens (tertiary/aromatic N) is 3. The van der Waals surface area contributed by atoms with Gasteiger partial charge in [0.15, 0.2) is 0 Å². The molecule has 2 heterocycles. The molecule has 1 aromatic heterocycles. The van der Waals surface area contributed by atoms with Gasteiger partial charge in [0.1, 0.15) is 5.82 Å². The molecule has 0 N–H and O–H groups in total. The second kappa shape index (κ2) is 8.19. The number of hydrogen-bond acceptors (Lipinski definition) is 4. The van der Waals surface area contributed by atoms with Crippen molar-refractivity contribution in [1.29, 1.82) is 0 Å². The number of aromatic nitrogens is 1. The molecule has 2 aliphatic carbocycles. The Morgan fingerprint density at radius 2 is 1.66 bits per heavy atom. The maximum atomic E-state index is 5.66. The molecular formula is C25H41N3O. The fraction of sp³-hybridized carbons (Fsp3) is 0.800. The van der Waals surface area contributed by atoms with Crippen LogP contribution in [-0.2, 0) is 4.84 Å². The number of pyridine rings is 1. The molecule has 0 amide bonds. The molecule has 3 atom stereocenters. The Labute approximate surface area is 178 Å². The van der Waals surface area contributed by atoms with Gasteiger partial charge in [-0.25, -0.2) is 4.98 Å². The van der Waals surface area contributed by atoms with Crippen LogP contribution in [0.1, 0.15) is 78.3 Å². The van der Waals surface area contributed by atoms with Crippen LogP contribution in [0.3, 0.4) is 0 Å². The zero-order chi connectivity index (χ0) is 20.6. The van der Waals surface area contributed by atoms with Crippen molar-refractivity contribution in [2.24, 2.45) is 22.7 Å². The molecule has 1 aromatic rings. The molecule has 1 aliphatic heterocycles. The summed E-state index contributed by atoms with van der Waals surface area (Å²) < 4.78 is 0. The van der Waals surface area contributed by atoms with Gasteiger partial charge in [0, 0.05) is 37.8 Å². The summed E-state index contributed by atoms with van der Waals surface area (Å²) in [4.78, 5) is 13.3. The van der Waals surface area contributed by atoms with Gasteiger partial charge < -0.3 is 4.90 Å². The van der Waals surface area contributed by atoms with Gasteiger partial charge in [-0.2, -0.15) is 5.06 Å². The SMILES string of the molecule is CCON1CCN(c2cccc(C3CCC4C(C3)C(C)(C)CCC4(C)C)n2)CC1. The summed E-state index contributed by atoms with van der Waals surface area (Å²) in [6.45, 7) is 16.8. The Balaban J connectivity index is 1.47. The number of piperazine rings is 1. The molecule has 0 spiro atoms. The van der Waals surface area contributed by atoms with E-state index in [-0.39, 0.29) is 0 Å². The molecule has 162 valence electrons. The molecule has 3 aliphatic rings. The van der Waals surface area contributed by atoms with Gasteiger partial charge in [0.2, 0.25) is 0 Å².